The Morgan fingerprint density at radius 2 is 1.81 bits per heavy atom. The minimum absolute atomic E-state index is 0.103. The highest BCUT2D eigenvalue weighted by molar-refractivity contribution is 7.15. The highest BCUT2D eigenvalue weighted by atomic mass is 32.1. The summed E-state index contributed by atoms with van der Waals surface area (Å²) in [5.41, 5.74) is 0.705. The zero-order chi connectivity index (χ0) is 22.1. The van der Waals surface area contributed by atoms with Crippen LogP contribution in [-0.4, -0.2) is 33.6 Å². The number of hydrogen-bond acceptors (Lipinski definition) is 7. The lowest BCUT2D eigenvalue weighted by atomic mass is 9.95. The molecular formula is C22H18FN3O4S. The summed E-state index contributed by atoms with van der Waals surface area (Å²) >= 11 is 1.15. The SMILES string of the molecule is CCOc1ccc(C(O)=C2C(=O)C(=O)N(c3nnc(C)s3)[C@H]2c2ccc(F)cc2)cc1. The van der Waals surface area contributed by atoms with E-state index in [0.717, 1.165) is 11.3 Å². The van der Waals surface area contributed by atoms with Gasteiger partial charge in [0, 0.05) is 5.56 Å². The lowest BCUT2D eigenvalue weighted by molar-refractivity contribution is -0.132. The molecule has 31 heavy (non-hydrogen) atoms. The predicted octanol–water partition coefficient (Wildman–Crippen LogP) is 4.01. The molecule has 1 N–H and O–H groups in total. The topological polar surface area (TPSA) is 92.6 Å². The number of halogens is 1. The van der Waals surface area contributed by atoms with E-state index >= 15 is 0 Å². The third kappa shape index (κ3) is 3.79. The maximum Gasteiger partial charge on any atom is 0.301 e. The number of Topliss-reactive ketones (excluding diaryl/α,β-unsaturated/α-hetero) is 1. The second-order valence-corrected chi connectivity index (χ2v) is 7.94. The average molecular weight is 439 g/mol. The van der Waals surface area contributed by atoms with Gasteiger partial charge in [-0.15, -0.1) is 10.2 Å². The summed E-state index contributed by atoms with van der Waals surface area (Å²) in [6.45, 7) is 4.07. The zero-order valence-corrected chi connectivity index (χ0v) is 17.5. The molecule has 1 fully saturated rings. The molecule has 1 aliphatic heterocycles. The van der Waals surface area contributed by atoms with Crippen molar-refractivity contribution in [1.82, 2.24) is 10.2 Å². The number of benzene rings is 2. The number of aromatic nitrogens is 2. The second kappa shape index (κ2) is 8.27. The van der Waals surface area contributed by atoms with E-state index in [1.54, 1.807) is 31.2 Å². The summed E-state index contributed by atoms with van der Waals surface area (Å²) in [6, 6.07) is 11.0. The number of carbonyl (C=O) groups is 2. The van der Waals surface area contributed by atoms with E-state index in [4.69, 9.17) is 4.74 Å². The summed E-state index contributed by atoms with van der Waals surface area (Å²) in [6.07, 6.45) is 0. The Labute approximate surface area is 181 Å². The molecule has 1 saturated heterocycles. The summed E-state index contributed by atoms with van der Waals surface area (Å²) < 4.78 is 18.9. The van der Waals surface area contributed by atoms with Crippen molar-refractivity contribution in [2.75, 3.05) is 11.5 Å². The first kappa shape index (κ1) is 20.7. The third-order valence-electron chi connectivity index (χ3n) is 4.79. The van der Waals surface area contributed by atoms with Gasteiger partial charge in [0.1, 0.15) is 22.3 Å². The van der Waals surface area contributed by atoms with Crippen LogP contribution in [0, 0.1) is 12.7 Å². The largest absolute Gasteiger partial charge is 0.507 e. The van der Waals surface area contributed by atoms with Crippen LogP contribution >= 0.6 is 11.3 Å². The third-order valence-corrected chi connectivity index (χ3v) is 5.63. The molecule has 1 atom stereocenters. The smallest absolute Gasteiger partial charge is 0.301 e. The Bertz CT molecular complexity index is 1170. The van der Waals surface area contributed by atoms with Crippen LogP contribution in [0.1, 0.15) is 29.1 Å². The van der Waals surface area contributed by atoms with Gasteiger partial charge in [-0.25, -0.2) is 4.39 Å². The van der Waals surface area contributed by atoms with Gasteiger partial charge in [-0.3, -0.25) is 14.5 Å². The van der Waals surface area contributed by atoms with Crippen molar-refractivity contribution in [3.05, 3.63) is 76.1 Å². The van der Waals surface area contributed by atoms with Crippen molar-refractivity contribution >= 4 is 33.9 Å². The Balaban J connectivity index is 1.87. The van der Waals surface area contributed by atoms with E-state index in [-0.39, 0.29) is 16.5 Å². The molecule has 0 spiro atoms. The molecule has 1 aromatic heterocycles. The molecule has 2 aromatic carbocycles. The van der Waals surface area contributed by atoms with Crippen molar-refractivity contribution in [2.45, 2.75) is 19.9 Å². The van der Waals surface area contributed by atoms with E-state index in [0.29, 0.717) is 28.5 Å². The van der Waals surface area contributed by atoms with Crippen molar-refractivity contribution in [1.29, 1.82) is 0 Å². The molecule has 0 radical (unpaired) electrons. The molecule has 158 valence electrons. The van der Waals surface area contributed by atoms with E-state index in [1.165, 1.54) is 29.2 Å². The van der Waals surface area contributed by atoms with Crippen molar-refractivity contribution < 1.29 is 23.8 Å². The molecular weight excluding hydrogens is 421 g/mol. The fraction of sp³-hybridized carbons (Fsp3) is 0.182. The fourth-order valence-electron chi connectivity index (χ4n) is 3.40. The first-order chi connectivity index (χ1) is 14.9. The number of anilines is 1. The number of ketones is 1. The second-order valence-electron chi connectivity index (χ2n) is 6.78. The van der Waals surface area contributed by atoms with Gasteiger partial charge in [-0.2, -0.15) is 0 Å². The number of ether oxygens (including phenoxy) is 1. The average Bonchev–Trinajstić information content (AvgIpc) is 3.30. The standard InChI is InChI=1S/C22H18FN3O4S/c1-3-30-16-10-6-14(7-11-16)19(27)17-18(13-4-8-15(23)9-5-13)26(21(29)20(17)28)22-25-24-12(2)31-22/h4-11,18,27H,3H2,1-2H3/t18-/m0/s1. The van der Waals surface area contributed by atoms with E-state index in [9.17, 15) is 19.1 Å². The van der Waals surface area contributed by atoms with Gasteiger partial charge in [-0.1, -0.05) is 23.5 Å². The Kier molecular flexibility index (Phi) is 5.51. The highest BCUT2D eigenvalue weighted by Gasteiger charge is 2.48. The van der Waals surface area contributed by atoms with E-state index in [1.807, 2.05) is 6.92 Å². The van der Waals surface area contributed by atoms with Crippen LogP contribution in [0.2, 0.25) is 0 Å². The number of aryl methyl sites for hydroxylation is 1. The van der Waals surface area contributed by atoms with Gasteiger partial charge in [0.2, 0.25) is 5.13 Å². The quantitative estimate of drug-likeness (QED) is 0.367. The predicted molar refractivity (Wildman–Crippen MR) is 113 cm³/mol. The Hall–Kier alpha value is -3.59. The van der Waals surface area contributed by atoms with Crippen LogP contribution in [-0.2, 0) is 9.59 Å². The van der Waals surface area contributed by atoms with Gasteiger partial charge < -0.3 is 9.84 Å². The van der Waals surface area contributed by atoms with Crippen LogP contribution in [0.25, 0.3) is 5.76 Å². The lowest BCUT2D eigenvalue weighted by Gasteiger charge is -2.22. The van der Waals surface area contributed by atoms with Gasteiger partial charge in [-0.05, 0) is 55.8 Å². The molecule has 0 saturated carbocycles. The molecule has 0 aliphatic carbocycles. The summed E-state index contributed by atoms with van der Waals surface area (Å²) in [4.78, 5) is 27.1. The number of rotatable bonds is 5. The molecule has 2 heterocycles. The first-order valence-electron chi connectivity index (χ1n) is 9.50. The Morgan fingerprint density at radius 3 is 2.39 bits per heavy atom. The van der Waals surface area contributed by atoms with Gasteiger partial charge >= 0.3 is 5.91 Å². The molecule has 1 aliphatic rings. The number of nitrogens with zero attached hydrogens (tertiary/aromatic N) is 3. The van der Waals surface area contributed by atoms with Gasteiger partial charge in [0.25, 0.3) is 5.78 Å². The number of aliphatic hydroxyl groups is 1. The molecule has 4 rings (SSSR count). The summed E-state index contributed by atoms with van der Waals surface area (Å²) in [7, 11) is 0. The zero-order valence-electron chi connectivity index (χ0n) is 16.7. The fourth-order valence-corrected chi connectivity index (χ4v) is 4.12. The van der Waals surface area contributed by atoms with Gasteiger partial charge in [0.05, 0.1) is 18.2 Å². The van der Waals surface area contributed by atoms with Crippen LogP contribution in [0.15, 0.2) is 54.1 Å². The van der Waals surface area contributed by atoms with Gasteiger partial charge in [0.15, 0.2) is 0 Å². The highest BCUT2D eigenvalue weighted by Crippen LogP contribution is 2.43. The molecule has 1 amide bonds. The maximum atomic E-state index is 13.5. The maximum absolute atomic E-state index is 13.5. The van der Waals surface area contributed by atoms with Crippen LogP contribution in [0.5, 0.6) is 5.75 Å². The van der Waals surface area contributed by atoms with Crippen LogP contribution < -0.4 is 9.64 Å². The first-order valence-corrected chi connectivity index (χ1v) is 10.3. The monoisotopic (exact) mass is 439 g/mol. The minimum Gasteiger partial charge on any atom is -0.507 e. The number of amides is 1. The lowest BCUT2D eigenvalue weighted by Crippen LogP contribution is -2.29. The van der Waals surface area contributed by atoms with Crippen LogP contribution in [0.3, 0.4) is 0 Å². The molecule has 7 nitrogen and oxygen atoms in total. The van der Waals surface area contributed by atoms with Crippen molar-refractivity contribution in [3.63, 3.8) is 0 Å². The summed E-state index contributed by atoms with van der Waals surface area (Å²) in [5.74, 6) is -1.87. The van der Waals surface area contributed by atoms with Crippen molar-refractivity contribution in [3.8, 4) is 5.75 Å². The molecule has 0 unspecified atom stereocenters. The number of hydrogen-bond donors (Lipinski definition) is 1. The molecule has 3 aromatic rings. The Morgan fingerprint density at radius 1 is 1.13 bits per heavy atom. The number of aliphatic hydroxyl groups excluding tert-OH is 1. The minimum atomic E-state index is -0.973. The van der Waals surface area contributed by atoms with E-state index in [2.05, 4.69) is 10.2 Å². The van der Waals surface area contributed by atoms with Crippen molar-refractivity contribution in [2.24, 2.45) is 0 Å². The molecule has 0 bridgehead atoms. The molecule has 9 heteroatoms. The number of carbonyl (C=O) groups excluding carboxylic acids is 2. The normalized spacial score (nSPS) is 17.9. The summed E-state index contributed by atoms with van der Waals surface area (Å²) in [5, 5.41) is 19.8. The van der Waals surface area contributed by atoms with Crippen LogP contribution in [0.4, 0.5) is 9.52 Å². The van der Waals surface area contributed by atoms with E-state index < -0.39 is 23.5 Å².